The van der Waals surface area contributed by atoms with Crippen LogP contribution in [-0.2, 0) is 4.79 Å². The fraction of sp³-hybridized carbons (Fsp3) is 0.429. The lowest BCUT2D eigenvalue weighted by atomic mass is 9.99. The highest BCUT2D eigenvalue weighted by Crippen LogP contribution is 2.17. The van der Waals surface area contributed by atoms with E-state index in [1.54, 1.807) is 19.1 Å². The number of aliphatic carboxylic acids is 1. The van der Waals surface area contributed by atoms with Crippen molar-refractivity contribution in [3.05, 3.63) is 24.3 Å². The van der Waals surface area contributed by atoms with Crippen LogP contribution in [0.4, 0.5) is 10.5 Å². The minimum Gasteiger partial charge on any atom is -0.508 e. The summed E-state index contributed by atoms with van der Waals surface area (Å²) in [6.45, 7) is 3.65. The highest BCUT2D eigenvalue weighted by Gasteiger charge is 2.26. The van der Waals surface area contributed by atoms with E-state index >= 15 is 0 Å². The Morgan fingerprint density at radius 1 is 1.30 bits per heavy atom. The van der Waals surface area contributed by atoms with Gasteiger partial charge < -0.3 is 15.5 Å². The number of phenolic OH excluding ortho intramolecular Hbond substituents is 1. The van der Waals surface area contributed by atoms with Crippen LogP contribution in [0.5, 0.6) is 5.75 Å². The standard InChI is InChI=1S/C14H20N2O4/c1-4-9(2)12(13(18)19)15-14(20)16(3)10-5-7-11(17)8-6-10/h5-9,12,17H,4H2,1-3H3,(H,15,20)(H,18,19)/t9?,12-/m0/s1. The maximum Gasteiger partial charge on any atom is 0.326 e. The van der Waals surface area contributed by atoms with Crippen LogP contribution < -0.4 is 10.2 Å². The van der Waals surface area contributed by atoms with Gasteiger partial charge in [0.15, 0.2) is 0 Å². The molecule has 1 aromatic rings. The van der Waals surface area contributed by atoms with Gasteiger partial charge in [0.05, 0.1) is 0 Å². The molecular formula is C14H20N2O4. The molecule has 1 unspecified atom stereocenters. The molecule has 1 aromatic carbocycles. The van der Waals surface area contributed by atoms with Gasteiger partial charge in [0.1, 0.15) is 11.8 Å². The highest BCUT2D eigenvalue weighted by atomic mass is 16.4. The molecule has 1 rings (SSSR count). The lowest BCUT2D eigenvalue weighted by Crippen LogP contribution is -2.49. The summed E-state index contributed by atoms with van der Waals surface area (Å²) in [5.41, 5.74) is 0.564. The fourth-order valence-corrected chi connectivity index (χ4v) is 1.71. The predicted octanol–water partition coefficient (Wildman–Crippen LogP) is 2.04. The van der Waals surface area contributed by atoms with Gasteiger partial charge in [-0.2, -0.15) is 0 Å². The van der Waals surface area contributed by atoms with Crippen molar-refractivity contribution in [2.24, 2.45) is 5.92 Å². The molecule has 6 nitrogen and oxygen atoms in total. The number of carbonyl (C=O) groups is 2. The summed E-state index contributed by atoms with van der Waals surface area (Å²) >= 11 is 0. The third-order valence-corrected chi connectivity index (χ3v) is 3.30. The van der Waals surface area contributed by atoms with Gasteiger partial charge in [-0.3, -0.25) is 4.90 Å². The number of aromatic hydroxyl groups is 1. The Kier molecular flexibility index (Phi) is 5.37. The van der Waals surface area contributed by atoms with Crippen LogP contribution in [0.2, 0.25) is 0 Å². The number of anilines is 1. The largest absolute Gasteiger partial charge is 0.508 e. The minimum absolute atomic E-state index is 0.102. The molecule has 2 amide bonds. The zero-order valence-electron chi connectivity index (χ0n) is 11.8. The summed E-state index contributed by atoms with van der Waals surface area (Å²) in [6, 6.07) is 4.66. The van der Waals surface area contributed by atoms with E-state index in [0.29, 0.717) is 12.1 Å². The van der Waals surface area contributed by atoms with Crippen molar-refractivity contribution >= 4 is 17.7 Å². The average Bonchev–Trinajstić information content (AvgIpc) is 2.43. The predicted molar refractivity (Wildman–Crippen MR) is 75.9 cm³/mol. The van der Waals surface area contributed by atoms with E-state index in [-0.39, 0.29) is 11.7 Å². The Morgan fingerprint density at radius 2 is 1.85 bits per heavy atom. The molecule has 2 atom stereocenters. The number of urea groups is 1. The van der Waals surface area contributed by atoms with Gasteiger partial charge in [-0.05, 0) is 30.2 Å². The van der Waals surface area contributed by atoms with E-state index in [1.165, 1.54) is 24.1 Å². The number of hydrogen-bond donors (Lipinski definition) is 3. The van der Waals surface area contributed by atoms with Gasteiger partial charge >= 0.3 is 12.0 Å². The lowest BCUT2D eigenvalue weighted by Gasteiger charge is -2.24. The summed E-state index contributed by atoms with van der Waals surface area (Å²) in [4.78, 5) is 24.5. The number of benzene rings is 1. The molecule has 0 spiro atoms. The highest BCUT2D eigenvalue weighted by molar-refractivity contribution is 5.94. The van der Waals surface area contributed by atoms with Crippen LogP contribution in [0.1, 0.15) is 20.3 Å². The second-order valence-corrected chi connectivity index (χ2v) is 4.73. The van der Waals surface area contributed by atoms with E-state index in [1.807, 2.05) is 6.92 Å². The molecule has 0 radical (unpaired) electrons. The van der Waals surface area contributed by atoms with E-state index in [4.69, 9.17) is 5.11 Å². The van der Waals surface area contributed by atoms with Gasteiger partial charge in [0, 0.05) is 12.7 Å². The first-order valence-electron chi connectivity index (χ1n) is 6.42. The van der Waals surface area contributed by atoms with Gasteiger partial charge in [-0.1, -0.05) is 20.3 Å². The van der Waals surface area contributed by atoms with Crippen molar-refractivity contribution in [2.75, 3.05) is 11.9 Å². The van der Waals surface area contributed by atoms with Crippen LogP contribution in [0.15, 0.2) is 24.3 Å². The number of phenols is 1. The number of carbonyl (C=O) groups excluding carboxylic acids is 1. The first kappa shape index (κ1) is 15.8. The number of rotatable bonds is 5. The molecule has 0 aliphatic carbocycles. The van der Waals surface area contributed by atoms with Gasteiger partial charge in [0.2, 0.25) is 0 Å². The molecule has 0 heterocycles. The van der Waals surface area contributed by atoms with E-state index < -0.39 is 18.0 Å². The second-order valence-electron chi connectivity index (χ2n) is 4.73. The summed E-state index contributed by atoms with van der Waals surface area (Å²) in [6.07, 6.45) is 0.653. The van der Waals surface area contributed by atoms with Crippen LogP contribution in [0, 0.1) is 5.92 Å². The number of hydrogen-bond acceptors (Lipinski definition) is 3. The molecule has 20 heavy (non-hydrogen) atoms. The Bertz CT molecular complexity index is 473. The van der Waals surface area contributed by atoms with Gasteiger partial charge in [0.25, 0.3) is 0 Å². The van der Waals surface area contributed by atoms with Crippen molar-refractivity contribution in [1.29, 1.82) is 0 Å². The van der Waals surface area contributed by atoms with Crippen molar-refractivity contribution in [3.8, 4) is 5.75 Å². The Labute approximate surface area is 118 Å². The Morgan fingerprint density at radius 3 is 2.30 bits per heavy atom. The lowest BCUT2D eigenvalue weighted by molar-refractivity contribution is -0.140. The SMILES string of the molecule is CCC(C)[C@H](NC(=O)N(C)c1ccc(O)cc1)C(=O)O. The average molecular weight is 280 g/mol. The molecule has 0 aliphatic heterocycles. The number of carboxylic acid groups (broad SMARTS) is 1. The topological polar surface area (TPSA) is 89.9 Å². The molecular weight excluding hydrogens is 260 g/mol. The van der Waals surface area contributed by atoms with Crippen LogP contribution in [0.3, 0.4) is 0 Å². The maximum atomic E-state index is 12.1. The number of nitrogens with one attached hydrogen (secondary N) is 1. The summed E-state index contributed by atoms with van der Waals surface area (Å²) in [5, 5.41) is 20.9. The van der Waals surface area contributed by atoms with Crippen molar-refractivity contribution < 1.29 is 19.8 Å². The molecule has 0 saturated carbocycles. The van der Waals surface area contributed by atoms with Crippen LogP contribution >= 0.6 is 0 Å². The van der Waals surface area contributed by atoms with E-state index in [0.717, 1.165) is 0 Å². The normalized spacial score (nSPS) is 13.3. The maximum absolute atomic E-state index is 12.1. The first-order chi connectivity index (χ1) is 9.36. The molecule has 6 heteroatoms. The quantitative estimate of drug-likeness (QED) is 0.770. The molecule has 0 fully saturated rings. The second kappa shape index (κ2) is 6.79. The molecule has 3 N–H and O–H groups in total. The summed E-state index contributed by atoms with van der Waals surface area (Å²) in [7, 11) is 1.54. The molecule has 110 valence electrons. The van der Waals surface area contributed by atoms with Crippen LogP contribution in [0.25, 0.3) is 0 Å². The van der Waals surface area contributed by atoms with Gasteiger partial charge in [-0.25, -0.2) is 9.59 Å². The number of carboxylic acids is 1. The van der Waals surface area contributed by atoms with Crippen molar-refractivity contribution in [3.63, 3.8) is 0 Å². The van der Waals surface area contributed by atoms with E-state index in [9.17, 15) is 14.7 Å². The zero-order chi connectivity index (χ0) is 15.3. The minimum atomic E-state index is -1.05. The molecule has 0 bridgehead atoms. The van der Waals surface area contributed by atoms with Crippen LogP contribution in [-0.4, -0.2) is 35.3 Å². The monoisotopic (exact) mass is 280 g/mol. The summed E-state index contributed by atoms with van der Waals surface area (Å²) < 4.78 is 0. The third-order valence-electron chi connectivity index (χ3n) is 3.30. The summed E-state index contributed by atoms with van der Waals surface area (Å²) in [5.74, 6) is -1.11. The van der Waals surface area contributed by atoms with Crippen molar-refractivity contribution in [2.45, 2.75) is 26.3 Å². The third kappa shape index (κ3) is 3.88. The fourth-order valence-electron chi connectivity index (χ4n) is 1.71. The van der Waals surface area contributed by atoms with Gasteiger partial charge in [-0.15, -0.1) is 0 Å². The number of amides is 2. The van der Waals surface area contributed by atoms with E-state index in [2.05, 4.69) is 5.32 Å². The Hall–Kier alpha value is -2.24. The Balaban J connectivity index is 2.78. The first-order valence-corrected chi connectivity index (χ1v) is 6.42. The number of nitrogens with zero attached hydrogens (tertiary/aromatic N) is 1. The van der Waals surface area contributed by atoms with Crippen molar-refractivity contribution in [1.82, 2.24) is 5.32 Å². The molecule has 0 aromatic heterocycles. The molecule has 0 aliphatic rings. The molecule has 0 saturated heterocycles. The zero-order valence-corrected chi connectivity index (χ0v) is 11.8. The smallest absolute Gasteiger partial charge is 0.326 e.